The number of nitrogens with one attached hydrogen (secondary N) is 1. The predicted molar refractivity (Wildman–Crippen MR) is 273 cm³/mol. The van der Waals surface area contributed by atoms with Crippen LogP contribution >= 0.6 is 11.6 Å². The van der Waals surface area contributed by atoms with Gasteiger partial charge in [-0.3, -0.25) is 14.4 Å². The number of cyclic esters (lactones) is 1. The number of aliphatic hydroxyl groups excluding tert-OH is 2. The van der Waals surface area contributed by atoms with Gasteiger partial charge in [0.1, 0.15) is 24.4 Å². The van der Waals surface area contributed by atoms with Crippen molar-refractivity contribution in [1.82, 2.24) is 4.90 Å². The average Bonchev–Trinajstić information content (AvgIpc) is 3.33. The Kier molecular flexibility index (Phi) is 21.9. The van der Waals surface area contributed by atoms with Crippen molar-refractivity contribution >= 4 is 40.7 Å². The number of ketones is 2. The van der Waals surface area contributed by atoms with Crippen molar-refractivity contribution in [2.45, 2.75) is 186 Å². The van der Waals surface area contributed by atoms with Crippen molar-refractivity contribution in [3.63, 3.8) is 0 Å². The first kappa shape index (κ1) is 57.2. The Morgan fingerprint density at radius 1 is 0.843 bits per heavy atom. The van der Waals surface area contributed by atoms with Gasteiger partial charge in [0.25, 0.3) is 11.7 Å². The minimum atomic E-state index is -2.41. The molecular weight excluding hydrogens is 912 g/mol. The number of esters is 1. The number of amides is 1. The number of aliphatic hydroxyl groups is 3. The van der Waals surface area contributed by atoms with Gasteiger partial charge in [0.05, 0.1) is 18.3 Å². The van der Waals surface area contributed by atoms with E-state index in [-0.39, 0.29) is 54.1 Å². The third-order valence-corrected chi connectivity index (χ3v) is 15.7. The Bertz CT molecular complexity index is 2020. The maximum atomic E-state index is 14.5. The molecule has 14 heteroatoms. The van der Waals surface area contributed by atoms with E-state index in [0.29, 0.717) is 87.6 Å². The van der Waals surface area contributed by atoms with E-state index in [2.05, 4.69) is 12.2 Å². The van der Waals surface area contributed by atoms with E-state index >= 15 is 0 Å². The number of nitrogens with zero attached hydrogens (tertiary/aromatic N) is 1. The number of carbonyl (C=O) groups is 4. The lowest BCUT2D eigenvalue weighted by Crippen LogP contribution is -2.61. The molecular formula is C56H83ClN2O11. The number of Topliss-reactive ketones (excluding diaryl/α,β-unsaturated/α-hetero) is 2. The monoisotopic (exact) mass is 995 g/mol. The molecule has 1 saturated carbocycles. The van der Waals surface area contributed by atoms with Gasteiger partial charge < -0.3 is 44.5 Å². The molecule has 0 aromatic heterocycles. The zero-order valence-corrected chi connectivity index (χ0v) is 43.9. The second-order valence-corrected chi connectivity index (χ2v) is 21.6. The summed E-state index contributed by atoms with van der Waals surface area (Å²) in [5.41, 5.74) is 2.37. The third-order valence-electron chi connectivity index (χ3n) is 15.5. The van der Waals surface area contributed by atoms with Gasteiger partial charge in [-0.1, -0.05) is 88.2 Å². The molecule has 3 fully saturated rings. The number of rotatable bonds is 7. The summed E-state index contributed by atoms with van der Waals surface area (Å²) in [6, 6.07) is 5.99. The molecule has 2 bridgehead atoms. The predicted octanol–water partition coefficient (Wildman–Crippen LogP) is 9.12. The van der Waals surface area contributed by atoms with E-state index < -0.39 is 65.9 Å². The summed E-state index contributed by atoms with van der Waals surface area (Å²) in [7, 11) is 3.05. The molecule has 13 nitrogen and oxygen atoms in total. The maximum absolute atomic E-state index is 14.5. The van der Waals surface area contributed by atoms with E-state index in [1.807, 2.05) is 76.3 Å². The van der Waals surface area contributed by atoms with Crippen molar-refractivity contribution < 1.29 is 53.4 Å². The summed E-state index contributed by atoms with van der Waals surface area (Å²) in [4.78, 5) is 58.5. The molecule has 5 rings (SSSR count). The van der Waals surface area contributed by atoms with Crippen LogP contribution < -0.4 is 5.32 Å². The van der Waals surface area contributed by atoms with Crippen LogP contribution in [0.4, 0.5) is 5.69 Å². The molecule has 15 atom stereocenters. The highest BCUT2D eigenvalue weighted by Gasteiger charge is 2.53. The van der Waals surface area contributed by atoms with Crippen molar-refractivity contribution in [3.05, 3.63) is 76.9 Å². The van der Waals surface area contributed by atoms with Gasteiger partial charge in [-0.25, -0.2) is 4.79 Å². The first-order valence-corrected chi connectivity index (χ1v) is 26.3. The molecule has 70 heavy (non-hydrogen) atoms. The van der Waals surface area contributed by atoms with Gasteiger partial charge in [0.15, 0.2) is 5.78 Å². The Morgan fingerprint density at radius 3 is 2.27 bits per heavy atom. The molecule has 1 aliphatic carbocycles. The summed E-state index contributed by atoms with van der Waals surface area (Å²) in [6.07, 6.45) is 14.9. The zero-order valence-electron chi connectivity index (χ0n) is 43.2. The number of ether oxygens (including phenoxy) is 4. The second-order valence-electron chi connectivity index (χ2n) is 21.2. The van der Waals surface area contributed by atoms with Crippen molar-refractivity contribution in [1.29, 1.82) is 0 Å². The summed E-state index contributed by atoms with van der Waals surface area (Å²) in [5, 5.41) is 38.4. The highest BCUT2D eigenvalue weighted by atomic mass is 35.5. The normalized spacial score (nSPS) is 38.2. The van der Waals surface area contributed by atoms with Crippen LogP contribution in [0.25, 0.3) is 0 Å². The first-order chi connectivity index (χ1) is 33.3. The number of anilines is 1. The number of hydrogen-bond donors (Lipinski definition) is 4. The van der Waals surface area contributed by atoms with Crippen molar-refractivity contribution in [2.75, 3.05) is 26.1 Å². The van der Waals surface area contributed by atoms with Crippen LogP contribution in [0.2, 0.25) is 5.02 Å². The molecule has 3 heterocycles. The number of piperidine rings is 1. The van der Waals surface area contributed by atoms with Crippen LogP contribution in [-0.4, -0.2) is 119 Å². The Hall–Kier alpha value is -3.69. The van der Waals surface area contributed by atoms with Gasteiger partial charge in [0, 0.05) is 49.4 Å². The zero-order chi connectivity index (χ0) is 51.3. The number of allylic oxidation sites excluding steroid dienone is 6. The number of fused-ring (bicyclic) bond motifs is 3. The quantitative estimate of drug-likeness (QED) is 0.116. The fourth-order valence-electron chi connectivity index (χ4n) is 11.0. The molecule has 3 aliphatic heterocycles. The van der Waals surface area contributed by atoms with E-state index in [4.69, 9.17) is 30.5 Å². The van der Waals surface area contributed by atoms with E-state index in [1.165, 1.54) is 12.0 Å². The second kappa shape index (κ2) is 26.8. The number of hydrogen-bond acceptors (Lipinski definition) is 12. The van der Waals surface area contributed by atoms with Crippen LogP contribution in [0, 0.1) is 35.5 Å². The smallest absolute Gasteiger partial charge is 0.329 e. The number of benzene rings is 1. The summed E-state index contributed by atoms with van der Waals surface area (Å²) in [5.74, 6) is -6.24. The standard InChI is InChI=1S/C56H83ClN2O11/c1-34-15-11-10-12-16-36(3)45(58-43-23-21-42(57)22-24-43)33-44-25-19-40(7)56(66,70-44)53(63)54(64)59-28-14-13-17-46(59)55(65)69-48(37(4)31-41-20-26-47(60)49(32-41)67-8)27-18-35(2)30-39(6)51(62)52(68-9)50(61)38(5)29-34/h10-12,15-16,21-24,30,34-35,37-38,40-41,44-49,51-52,58,60,62,66H,13-14,17-20,25-29,31-33H2,1-9H3/b12-10+,15-11+,36-16+,39-30+/t34-,35+,37-,38-,40-,41?,44+,45+,46?,47-,48+,49-,51-,52+,56-/m1/s1. The Labute approximate surface area is 422 Å². The number of carbonyl (C=O) groups excluding carboxylic acids is 4. The van der Waals surface area contributed by atoms with E-state index in [0.717, 1.165) is 17.7 Å². The fraction of sp³-hybridized carbons (Fsp3) is 0.679. The molecule has 390 valence electrons. The lowest BCUT2D eigenvalue weighted by molar-refractivity contribution is -0.263. The molecule has 0 radical (unpaired) electrons. The molecule has 4 aliphatic rings. The summed E-state index contributed by atoms with van der Waals surface area (Å²) < 4.78 is 24.1. The van der Waals surface area contributed by atoms with Crippen LogP contribution in [0.5, 0.6) is 0 Å². The van der Waals surface area contributed by atoms with E-state index in [1.54, 1.807) is 33.1 Å². The van der Waals surface area contributed by atoms with Crippen LogP contribution in [-0.2, 0) is 38.1 Å². The molecule has 1 aromatic rings. The molecule has 2 unspecified atom stereocenters. The molecule has 1 aromatic carbocycles. The summed E-state index contributed by atoms with van der Waals surface area (Å²) in [6.45, 7) is 13.6. The molecule has 4 N–H and O–H groups in total. The van der Waals surface area contributed by atoms with Gasteiger partial charge >= 0.3 is 5.97 Å². The number of methoxy groups -OCH3 is 2. The maximum Gasteiger partial charge on any atom is 0.329 e. The van der Waals surface area contributed by atoms with Gasteiger partial charge in [0.2, 0.25) is 5.79 Å². The fourth-order valence-corrected chi connectivity index (χ4v) is 11.1. The highest BCUT2D eigenvalue weighted by molar-refractivity contribution is 6.39. The van der Waals surface area contributed by atoms with Gasteiger partial charge in [-0.05, 0) is 151 Å². The lowest BCUT2D eigenvalue weighted by Gasteiger charge is -2.43. The minimum absolute atomic E-state index is 0.0471. The Morgan fingerprint density at radius 2 is 1.57 bits per heavy atom. The lowest BCUT2D eigenvalue weighted by atomic mass is 9.78. The largest absolute Gasteiger partial charge is 0.461 e. The minimum Gasteiger partial charge on any atom is -0.461 e. The molecule has 2 saturated heterocycles. The molecule has 1 amide bonds. The van der Waals surface area contributed by atoms with Gasteiger partial charge in [-0.15, -0.1) is 0 Å². The van der Waals surface area contributed by atoms with Crippen molar-refractivity contribution in [2.24, 2.45) is 35.5 Å². The van der Waals surface area contributed by atoms with Crippen LogP contribution in [0.15, 0.2) is 71.9 Å². The third kappa shape index (κ3) is 15.4. The van der Waals surface area contributed by atoms with E-state index in [9.17, 15) is 34.5 Å². The van der Waals surface area contributed by atoms with Crippen LogP contribution in [0.3, 0.4) is 0 Å². The Balaban J connectivity index is 1.48. The van der Waals surface area contributed by atoms with Crippen LogP contribution in [0.1, 0.15) is 132 Å². The van der Waals surface area contributed by atoms with Gasteiger partial charge in [-0.2, -0.15) is 0 Å². The topological polar surface area (TPSA) is 181 Å². The average molecular weight is 996 g/mol. The molecule has 0 spiro atoms. The highest BCUT2D eigenvalue weighted by Crippen LogP contribution is 2.38. The first-order valence-electron chi connectivity index (χ1n) is 25.9. The SMILES string of the molecule is CO[C@@H]1CC(C[C@@H](C)[C@@H]2CC[C@H](C)/C=C(\C)[C@@H](O)[C@@H](OC)C(=O)[C@H](C)C[C@H](C)/C=C/C=C/C=C(\C)[C@@H](Nc3ccc(Cl)cc3)C[C@@H]3CC[C@@H](C)[C@@](O)(O3)C(=O)C(=O)N3CCCCC3C(=O)O2)CC[C@H]1O. The summed E-state index contributed by atoms with van der Waals surface area (Å²) >= 11 is 6.22. The number of halogens is 1. The van der Waals surface area contributed by atoms with Crippen molar-refractivity contribution in [3.8, 4) is 0 Å².